The molecule has 14 aromatic rings. The number of hydrogen-bond donors (Lipinski definition) is 4. The van der Waals surface area contributed by atoms with Gasteiger partial charge in [0.1, 0.15) is 26.2 Å². The van der Waals surface area contributed by atoms with Crippen LogP contribution in [0.25, 0.3) is 110 Å². The fourth-order valence-corrected chi connectivity index (χ4v) is 15.7. The molecule has 6 aromatic heterocycles. The Morgan fingerprint density at radius 1 is 0.410 bits per heavy atom. The van der Waals surface area contributed by atoms with Gasteiger partial charge >= 0.3 is 0 Å². The number of aryl methyl sites for hydroxylation is 3. The first-order chi connectivity index (χ1) is 57.2. The third-order valence-corrected chi connectivity index (χ3v) is 21.5. The second-order valence-electron chi connectivity index (χ2n) is 28.4. The Morgan fingerprint density at radius 3 is 1.43 bits per heavy atom. The van der Waals surface area contributed by atoms with Gasteiger partial charge in [0.2, 0.25) is 5.69 Å². The Balaban J connectivity index is 0.000000117. The fraction of sp³-hybridized carbons (Fsp3) is 0.149. The molecule has 0 unspecified atom stereocenters. The van der Waals surface area contributed by atoms with Crippen molar-refractivity contribution in [2.45, 2.75) is 26.2 Å². The van der Waals surface area contributed by atoms with Gasteiger partial charge in [-0.1, -0.05) is 159 Å². The number of nitrogens with two attached hydrogens (primary N) is 4. The molecule has 1 aliphatic carbocycles. The van der Waals surface area contributed by atoms with Crippen molar-refractivity contribution in [1.29, 1.82) is 0 Å². The van der Waals surface area contributed by atoms with Crippen LogP contribution in [0.4, 0.5) is 11.4 Å². The molecule has 0 radical (unpaired) electrons. The number of allylic oxidation sites excluding steroid dienone is 1. The molecular weight excluding hydrogens is 1460 g/mol. The number of para-hydroxylation sites is 1. The van der Waals surface area contributed by atoms with Gasteiger partial charge < -0.3 is 22.9 Å². The van der Waals surface area contributed by atoms with E-state index in [0.717, 1.165) is 165 Å². The molecule has 572 valence electrons. The number of aliphatic imine (C=N–C) groups is 4. The molecule has 8 aromatic carbocycles. The lowest BCUT2D eigenvalue weighted by atomic mass is 9.91. The maximum absolute atomic E-state index is 12.3. The van der Waals surface area contributed by atoms with Crippen molar-refractivity contribution in [3.05, 3.63) is 321 Å². The summed E-state index contributed by atoms with van der Waals surface area (Å²) in [6.07, 6.45) is 13.9. The number of rotatable bonds is 14. The van der Waals surface area contributed by atoms with Gasteiger partial charge in [0.25, 0.3) is 0 Å². The van der Waals surface area contributed by atoms with E-state index in [1.165, 1.54) is 16.7 Å². The van der Waals surface area contributed by atoms with Gasteiger partial charge in [-0.05, 0) is 99.8 Å². The Bertz CT molecular complexity index is 6640. The van der Waals surface area contributed by atoms with E-state index in [1.807, 2.05) is 189 Å². The van der Waals surface area contributed by atoms with Crippen LogP contribution in [0, 0.1) is 13.1 Å². The summed E-state index contributed by atoms with van der Waals surface area (Å²) in [6.45, 7) is 19.5. The number of Topliss-reactive ketones (excluding diaryl/α,β-unsaturated/α-hetero) is 4. The van der Waals surface area contributed by atoms with Gasteiger partial charge in [-0.3, -0.25) is 58.5 Å². The van der Waals surface area contributed by atoms with Crippen molar-refractivity contribution >= 4 is 79.5 Å². The van der Waals surface area contributed by atoms with Crippen LogP contribution in [-0.2, 0) is 26.9 Å². The molecule has 117 heavy (non-hydrogen) atoms. The van der Waals surface area contributed by atoms with Crippen molar-refractivity contribution < 1.29 is 19.2 Å². The zero-order valence-corrected chi connectivity index (χ0v) is 64.4. The quantitative estimate of drug-likeness (QED) is 0.0736. The molecule has 19 rings (SSSR count). The van der Waals surface area contributed by atoms with E-state index in [9.17, 15) is 19.2 Å². The van der Waals surface area contributed by atoms with Crippen LogP contribution >= 0.6 is 0 Å². The molecule has 0 spiro atoms. The topological polar surface area (TPSA) is 322 Å². The number of benzene rings is 8. The van der Waals surface area contributed by atoms with Crippen molar-refractivity contribution in [2.24, 2.45) is 57.0 Å². The van der Waals surface area contributed by atoms with E-state index >= 15 is 0 Å². The van der Waals surface area contributed by atoms with E-state index in [2.05, 4.69) is 93.2 Å². The average Bonchev–Trinajstić information content (AvgIpc) is 0.875. The van der Waals surface area contributed by atoms with E-state index in [0.29, 0.717) is 52.2 Å². The van der Waals surface area contributed by atoms with Gasteiger partial charge in [-0.25, -0.2) is 19.2 Å². The van der Waals surface area contributed by atoms with Crippen LogP contribution in [0.5, 0.6) is 0 Å². The highest BCUT2D eigenvalue weighted by molar-refractivity contribution is 6.20. The molecule has 23 heteroatoms. The summed E-state index contributed by atoms with van der Waals surface area (Å²) in [6, 6.07) is 63.3. The number of carbonyl (C=O) groups is 4. The Morgan fingerprint density at radius 2 is 0.897 bits per heavy atom. The smallest absolute Gasteiger partial charge is 0.222 e. The van der Waals surface area contributed by atoms with Crippen molar-refractivity contribution in [2.75, 3.05) is 52.4 Å². The van der Waals surface area contributed by atoms with Gasteiger partial charge in [0, 0.05) is 148 Å². The number of pyridine rings is 2. The lowest BCUT2D eigenvalue weighted by Gasteiger charge is -2.17. The number of carbonyl (C=O) groups excluding carboxylic acids is 4. The molecule has 0 amide bonds. The predicted molar refractivity (Wildman–Crippen MR) is 460 cm³/mol. The zero-order chi connectivity index (χ0) is 81.0. The summed E-state index contributed by atoms with van der Waals surface area (Å²) in [4.78, 5) is 87.5. The number of ketones is 4. The normalized spacial score (nSPS) is 13.6. The van der Waals surface area contributed by atoms with Crippen LogP contribution in [0.1, 0.15) is 99.4 Å². The van der Waals surface area contributed by atoms with Crippen LogP contribution in [0.3, 0.4) is 0 Å². The van der Waals surface area contributed by atoms with Crippen molar-refractivity contribution in [1.82, 2.24) is 44.1 Å². The summed E-state index contributed by atoms with van der Waals surface area (Å²) in [5.41, 5.74) is 53.2. The molecule has 0 atom stereocenters. The van der Waals surface area contributed by atoms with Gasteiger partial charge in [0.05, 0.1) is 88.6 Å². The summed E-state index contributed by atoms with van der Waals surface area (Å²) < 4.78 is 5.39. The Kier molecular flexibility index (Phi) is 21.6. The minimum atomic E-state index is -0.0129. The van der Waals surface area contributed by atoms with Crippen LogP contribution in [0.2, 0.25) is 0 Å². The van der Waals surface area contributed by atoms with Crippen molar-refractivity contribution in [3.8, 4) is 78.4 Å². The Labute approximate surface area is 674 Å². The first kappa shape index (κ1) is 76.3. The number of aromatic nitrogens is 9. The van der Waals surface area contributed by atoms with Gasteiger partial charge in [0.15, 0.2) is 34.5 Å². The van der Waals surface area contributed by atoms with Gasteiger partial charge in [-0.15, -0.1) is 0 Å². The van der Waals surface area contributed by atoms with E-state index < -0.39 is 0 Å². The van der Waals surface area contributed by atoms with Crippen LogP contribution in [-0.4, -0.2) is 142 Å². The standard InChI is InChI=1S/C24H18N6O.C24H23N5O.C24H19N3O.C22H17N5O/c1-26-23-17(8-5-14-4-3-9-27-22(14)23)24-19(12-29-30(24)2)15-6-7-16-18(10-15)20(11-25)28-13-21(16)31;1-4-6-15-7-5-8-18(23(15)26-2)24-20(13-28-29(24)3)16-9-10-17-19(11-16)21(12-25)27-14-22(17)30;25-12-23-21-10-16(6-7-19(21)24(28)14-27-23)17-11-20-18(8-9-22(20)26-13-17)15-4-2-1-3-5-15;23-11-19-17-10-15(6-7-16(17)21(28)13-24-19)20-12-25-22-9-8-18(26-27(20)22)14-4-2-1-3-5-14/h3-10,12H,11,13,25H2,2H3;5,7-11,13H,4,6,12,14,25H2,1,3H3;1-8,10-11,13H,9,12,14,25H2;1-10,12H,11,13,23H2. The molecule has 0 fully saturated rings. The monoisotopic (exact) mass is 1540 g/mol. The molecule has 0 saturated heterocycles. The third-order valence-electron chi connectivity index (χ3n) is 21.5. The molecule has 0 bridgehead atoms. The first-order valence-corrected chi connectivity index (χ1v) is 38.3. The third kappa shape index (κ3) is 14.7. The van der Waals surface area contributed by atoms with Gasteiger partial charge in [-0.2, -0.15) is 15.3 Å². The number of hydrogen-bond acceptors (Lipinski definition) is 18. The second kappa shape index (κ2) is 33.2. The molecule has 8 N–H and O–H groups in total. The Hall–Kier alpha value is -14.7. The predicted octanol–water partition coefficient (Wildman–Crippen LogP) is 14.7. The molecule has 23 nitrogen and oxygen atoms in total. The zero-order valence-electron chi connectivity index (χ0n) is 64.4. The minimum absolute atomic E-state index is 0.00252. The van der Waals surface area contributed by atoms with Crippen LogP contribution in [0.15, 0.2) is 251 Å². The van der Waals surface area contributed by atoms with Crippen LogP contribution < -0.4 is 22.9 Å². The summed E-state index contributed by atoms with van der Waals surface area (Å²) >= 11 is 0. The average molecular weight is 1540 g/mol. The highest BCUT2D eigenvalue weighted by Crippen LogP contribution is 2.44. The number of imidazole rings is 1. The highest BCUT2D eigenvalue weighted by Gasteiger charge is 2.29. The van der Waals surface area contributed by atoms with E-state index in [4.69, 9.17) is 46.2 Å². The summed E-state index contributed by atoms with van der Waals surface area (Å²) in [7, 11) is 3.73. The van der Waals surface area contributed by atoms with Crippen molar-refractivity contribution in [3.63, 3.8) is 0 Å². The van der Waals surface area contributed by atoms with E-state index in [-0.39, 0.29) is 62.4 Å². The lowest BCUT2D eigenvalue weighted by Crippen LogP contribution is -2.25. The largest absolute Gasteiger partial charge is 0.325 e. The fourth-order valence-electron chi connectivity index (χ4n) is 15.7. The maximum atomic E-state index is 12.3. The molecule has 5 aliphatic rings. The minimum Gasteiger partial charge on any atom is -0.325 e. The molecule has 4 aliphatic heterocycles. The number of nitrogens with zero attached hydrogens (tertiary/aromatic N) is 15. The summed E-state index contributed by atoms with van der Waals surface area (Å²) in [5, 5.41) is 14.6. The lowest BCUT2D eigenvalue weighted by molar-refractivity contribution is 0.0992. The molecule has 0 saturated carbocycles. The SMILES string of the molecule is NCC1=NCC(=O)c2ccc(-c3cnc4c(c3)C(c3ccccc3)=CC4)cc21.NCC1=NCC(=O)c2ccc(-c3cnc4ccc(-c5ccccc5)nn34)cc21.[C-]#[N+]c1c(-c2c(-c3ccc4c(c3)C(CN)=NCC4=O)cnn2C)ccc2cccnc12.[C-]#[N+]c1c(CCC)cccc1-c1c(-c2ccc3c(c2)C(CN)=NCC3=O)cnn1C. The number of fused-ring (bicyclic) bond motifs is 7. The highest BCUT2D eigenvalue weighted by atomic mass is 16.1. The summed E-state index contributed by atoms with van der Waals surface area (Å²) in [5.74, 6) is 0.0466. The second-order valence-corrected chi connectivity index (χ2v) is 28.4. The molecular formula is C94H77N19O4. The maximum Gasteiger partial charge on any atom is 0.222 e. The first-order valence-electron chi connectivity index (χ1n) is 38.3. The molecule has 10 heterocycles. The van der Waals surface area contributed by atoms with E-state index in [1.54, 1.807) is 34.2 Å².